The lowest BCUT2D eigenvalue weighted by Crippen LogP contribution is -2.32. The molecule has 0 bridgehead atoms. The molecule has 1 heterocycles. The average molecular weight is 222 g/mol. The van der Waals surface area contributed by atoms with Crippen LogP contribution in [-0.4, -0.2) is 9.78 Å². The molecule has 1 aliphatic rings. The van der Waals surface area contributed by atoms with Crippen LogP contribution < -0.4 is 11.3 Å². The zero-order valence-corrected chi connectivity index (χ0v) is 10.4. The van der Waals surface area contributed by atoms with E-state index in [0.717, 1.165) is 13.0 Å². The molecule has 2 unspecified atom stereocenters. The highest BCUT2D eigenvalue weighted by molar-refractivity contribution is 5.15. The van der Waals surface area contributed by atoms with Crippen LogP contribution in [0.3, 0.4) is 0 Å². The second-order valence-electron chi connectivity index (χ2n) is 5.42. The summed E-state index contributed by atoms with van der Waals surface area (Å²) in [6.07, 6.45) is 4.20. The van der Waals surface area contributed by atoms with Crippen molar-refractivity contribution in [3.63, 3.8) is 0 Å². The van der Waals surface area contributed by atoms with Gasteiger partial charge in [0.2, 0.25) is 0 Å². The normalized spacial score (nSPS) is 24.4. The summed E-state index contributed by atoms with van der Waals surface area (Å²) in [6, 6.07) is 2.32. The van der Waals surface area contributed by atoms with Gasteiger partial charge in [-0.3, -0.25) is 16.0 Å². The summed E-state index contributed by atoms with van der Waals surface area (Å²) in [4.78, 5) is 0. The summed E-state index contributed by atoms with van der Waals surface area (Å²) in [5, 5.41) is 4.35. The van der Waals surface area contributed by atoms with Crippen molar-refractivity contribution in [1.82, 2.24) is 15.2 Å². The Morgan fingerprint density at radius 3 is 2.88 bits per heavy atom. The number of nitrogens with zero attached hydrogens (tertiary/aromatic N) is 2. The highest BCUT2D eigenvalue weighted by Crippen LogP contribution is 2.57. The number of nitrogens with two attached hydrogens (primary N) is 1. The number of aryl methyl sites for hydroxylation is 1. The first kappa shape index (κ1) is 11.6. The minimum Gasteiger partial charge on any atom is -0.271 e. The summed E-state index contributed by atoms with van der Waals surface area (Å²) in [6.45, 7) is 7.72. The zero-order chi connectivity index (χ0) is 11.8. The first-order chi connectivity index (χ1) is 7.60. The molecule has 0 saturated heterocycles. The molecule has 2 rings (SSSR count). The predicted octanol–water partition coefficient (Wildman–Crippen LogP) is 1.84. The third-order valence-electron chi connectivity index (χ3n) is 3.68. The van der Waals surface area contributed by atoms with Crippen LogP contribution in [0.15, 0.2) is 12.3 Å². The minimum atomic E-state index is 0.240. The van der Waals surface area contributed by atoms with E-state index in [1.54, 1.807) is 0 Å². The molecule has 4 heteroatoms. The Morgan fingerprint density at radius 2 is 2.38 bits per heavy atom. The van der Waals surface area contributed by atoms with Crippen molar-refractivity contribution in [3.8, 4) is 0 Å². The molecule has 0 aromatic carbocycles. The van der Waals surface area contributed by atoms with E-state index in [9.17, 15) is 0 Å². The van der Waals surface area contributed by atoms with E-state index in [2.05, 4.69) is 42.0 Å². The Hall–Kier alpha value is -0.870. The molecule has 1 aromatic heterocycles. The van der Waals surface area contributed by atoms with Gasteiger partial charge >= 0.3 is 0 Å². The van der Waals surface area contributed by atoms with Crippen LogP contribution in [0.2, 0.25) is 0 Å². The maximum absolute atomic E-state index is 5.70. The van der Waals surface area contributed by atoms with Gasteiger partial charge in [-0.2, -0.15) is 5.10 Å². The quantitative estimate of drug-likeness (QED) is 0.590. The summed E-state index contributed by atoms with van der Waals surface area (Å²) in [5.74, 6) is 6.33. The number of nitrogens with one attached hydrogen (secondary N) is 1. The number of hydrogen-bond acceptors (Lipinski definition) is 3. The molecular weight excluding hydrogens is 200 g/mol. The molecule has 90 valence electrons. The standard InChI is InChI=1S/C12H22N4/c1-4-7-16-10(5-6-14-16)11(15-13)9-8-12(9,2)3/h5-6,9,11,15H,4,7-8,13H2,1-3H3. The fourth-order valence-electron chi connectivity index (χ4n) is 2.49. The Bertz CT molecular complexity index is 356. The van der Waals surface area contributed by atoms with Gasteiger partial charge in [-0.15, -0.1) is 0 Å². The van der Waals surface area contributed by atoms with Gasteiger partial charge in [0.1, 0.15) is 0 Å². The lowest BCUT2D eigenvalue weighted by atomic mass is 10.0. The van der Waals surface area contributed by atoms with Crippen LogP contribution in [0.25, 0.3) is 0 Å². The van der Waals surface area contributed by atoms with E-state index in [1.165, 1.54) is 12.1 Å². The molecule has 3 N–H and O–H groups in total. The van der Waals surface area contributed by atoms with E-state index in [-0.39, 0.29) is 6.04 Å². The van der Waals surface area contributed by atoms with Gasteiger partial charge in [0.25, 0.3) is 0 Å². The molecular formula is C12H22N4. The SMILES string of the molecule is CCCn1nccc1C(NN)C1CC1(C)C. The predicted molar refractivity (Wildman–Crippen MR) is 64.5 cm³/mol. The third-order valence-corrected chi connectivity index (χ3v) is 3.68. The fraction of sp³-hybridized carbons (Fsp3) is 0.750. The van der Waals surface area contributed by atoms with Crippen LogP contribution in [0.5, 0.6) is 0 Å². The van der Waals surface area contributed by atoms with Crippen LogP contribution in [0.1, 0.15) is 45.3 Å². The Labute approximate surface area is 97.2 Å². The zero-order valence-electron chi connectivity index (χ0n) is 10.4. The van der Waals surface area contributed by atoms with E-state index < -0.39 is 0 Å². The molecule has 1 saturated carbocycles. The highest BCUT2D eigenvalue weighted by Gasteiger charge is 2.51. The van der Waals surface area contributed by atoms with Crippen molar-refractivity contribution >= 4 is 0 Å². The van der Waals surface area contributed by atoms with E-state index in [1.807, 2.05) is 6.20 Å². The number of hydrogen-bond donors (Lipinski definition) is 2. The summed E-state index contributed by atoms with van der Waals surface area (Å²) in [7, 11) is 0. The smallest absolute Gasteiger partial charge is 0.0662 e. The molecule has 0 radical (unpaired) electrons. The van der Waals surface area contributed by atoms with Gasteiger partial charge in [-0.25, -0.2) is 0 Å². The third kappa shape index (κ3) is 1.99. The van der Waals surface area contributed by atoms with Gasteiger partial charge in [-0.1, -0.05) is 20.8 Å². The highest BCUT2D eigenvalue weighted by atomic mass is 15.3. The summed E-state index contributed by atoms with van der Waals surface area (Å²) >= 11 is 0. The molecule has 2 atom stereocenters. The molecule has 0 amide bonds. The lowest BCUT2D eigenvalue weighted by molar-refractivity contribution is 0.393. The van der Waals surface area contributed by atoms with Crippen LogP contribution in [0, 0.1) is 11.3 Å². The maximum Gasteiger partial charge on any atom is 0.0662 e. The summed E-state index contributed by atoms with van der Waals surface area (Å²) < 4.78 is 2.07. The number of rotatable bonds is 5. The van der Waals surface area contributed by atoms with Crippen molar-refractivity contribution in [3.05, 3.63) is 18.0 Å². The Kier molecular flexibility index (Phi) is 3.04. The number of aromatic nitrogens is 2. The van der Waals surface area contributed by atoms with Crippen molar-refractivity contribution < 1.29 is 0 Å². The fourth-order valence-corrected chi connectivity index (χ4v) is 2.49. The van der Waals surface area contributed by atoms with Gasteiger partial charge in [0.05, 0.1) is 11.7 Å². The molecule has 0 aliphatic heterocycles. The Balaban J connectivity index is 2.17. The van der Waals surface area contributed by atoms with E-state index in [0.29, 0.717) is 11.3 Å². The Morgan fingerprint density at radius 1 is 1.69 bits per heavy atom. The minimum absolute atomic E-state index is 0.240. The van der Waals surface area contributed by atoms with Crippen molar-refractivity contribution in [2.24, 2.45) is 17.2 Å². The topological polar surface area (TPSA) is 55.9 Å². The first-order valence-corrected chi connectivity index (χ1v) is 6.08. The molecule has 1 aromatic rings. The monoisotopic (exact) mass is 222 g/mol. The summed E-state index contributed by atoms with van der Waals surface area (Å²) in [5.41, 5.74) is 4.60. The van der Waals surface area contributed by atoms with Crippen molar-refractivity contribution in [2.75, 3.05) is 0 Å². The van der Waals surface area contributed by atoms with E-state index >= 15 is 0 Å². The van der Waals surface area contributed by atoms with Gasteiger partial charge < -0.3 is 0 Å². The second-order valence-corrected chi connectivity index (χ2v) is 5.42. The molecule has 1 fully saturated rings. The van der Waals surface area contributed by atoms with Gasteiger partial charge in [-0.05, 0) is 30.2 Å². The van der Waals surface area contributed by atoms with Crippen molar-refractivity contribution in [2.45, 2.75) is 46.2 Å². The molecule has 4 nitrogen and oxygen atoms in total. The van der Waals surface area contributed by atoms with Gasteiger partial charge in [0.15, 0.2) is 0 Å². The first-order valence-electron chi connectivity index (χ1n) is 6.08. The van der Waals surface area contributed by atoms with Crippen LogP contribution in [-0.2, 0) is 6.54 Å². The lowest BCUT2D eigenvalue weighted by Gasteiger charge is -2.19. The van der Waals surface area contributed by atoms with Crippen LogP contribution in [0.4, 0.5) is 0 Å². The van der Waals surface area contributed by atoms with Crippen molar-refractivity contribution in [1.29, 1.82) is 0 Å². The molecule has 0 spiro atoms. The average Bonchev–Trinajstić information content (AvgIpc) is 2.66. The molecule has 1 aliphatic carbocycles. The molecule has 16 heavy (non-hydrogen) atoms. The second kappa shape index (κ2) is 4.18. The van der Waals surface area contributed by atoms with E-state index in [4.69, 9.17) is 5.84 Å². The largest absolute Gasteiger partial charge is 0.271 e. The van der Waals surface area contributed by atoms with Gasteiger partial charge in [0, 0.05) is 12.7 Å². The maximum atomic E-state index is 5.70. The number of hydrazine groups is 1. The van der Waals surface area contributed by atoms with Crippen LogP contribution >= 0.6 is 0 Å².